The lowest BCUT2D eigenvalue weighted by Gasteiger charge is -2.12. The van der Waals surface area contributed by atoms with E-state index in [-0.39, 0.29) is 11.9 Å². The van der Waals surface area contributed by atoms with Crippen molar-refractivity contribution < 1.29 is 9.13 Å². The van der Waals surface area contributed by atoms with Gasteiger partial charge in [0.05, 0.1) is 0 Å². The molecule has 0 aromatic heterocycles. The number of ether oxygens (including phenoxy) is 1. The van der Waals surface area contributed by atoms with Crippen LogP contribution in [0.25, 0.3) is 0 Å². The van der Waals surface area contributed by atoms with Crippen molar-refractivity contribution in [3.05, 3.63) is 29.6 Å². The minimum absolute atomic E-state index is 0.218. The molecule has 0 saturated carbocycles. The van der Waals surface area contributed by atoms with Gasteiger partial charge in [0.2, 0.25) is 0 Å². The molecule has 0 heterocycles. The predicted octanol–water partition coefficient (Wildman–Crippen LogP) is 2.12. The van der Waals surface area contributed by atoms with Crippen LogP contribution in [0, 0.1) is 12.7 Å². The number of benzene rings is 1. The fourth-order valence-corrected chi connectivity index (χ4v) is 1.02. The second-order valence-electron chi connectivity index (χ2n) is 3.43. The highest BCUT2D eigenvalue weighted by Gasteiger charge is 2.05. The maximum atomic E-state index is 13.2. The number of aryl methyl sites for hydroxylation is 1. The van der Waals surface area contributed by atoms with Crippen molar-refractivity contribution in [2.24, 2.45) is 0 Å². The van der Waals surface area contributed by atoms with Gasteiger partial charge < -0.3 is 10.1 Å². The predicted molar refractivity (Wildman–Crippen MR) is 55.2 cm³/mol. The van der Waals surface area contributed by atoms with Gasteiger partial charge in [-0.1, -0.05) is 6.07 Å². The first-order chi connectivity index (χ1) is 6.63. The summed E-state index contributed by atoms with van der Waals surface area (Å²) in [5.41, 5.74) is 0.999. The van der Waals surface area contributed by atoms with Crippen LogP contribution < -0.4 is 10.1 Å². The highest BCUT2D eigenvalue weighted by Crippen LogP contribution is 2.18. The molecule has 0 fully saturated rings. The van der Waals surface area contributed by atoms with Gasteiger partial charge in [0, 0.05) is 6.04 Å². The third-order valence-electron chi connectivity index (χ3n) is 2.07. The van der Waals surface area contributed by atoms with Crippen LogP contribution >= 0.6 is 0 Å². The zero-order chi connectivity index (χ0) is 10.6. The zero-order valence-corrected chi connectivity index (χ0v) is 8.80. The Bertz CT molecular complexity index is 301. The van der Waals surface area contributed by atoms with Gasteiger partial charge in [0.25, 0.3) is 0 Å². The SMILES string of the molecule is CNC(C)COc1cc(C)ccc1F. The summed E-state index contributed by atoms with van der Waals surface area (Å²) in [7, 11) is 1.85. The minimum Gasteiger partial charge on any atom is -0.489 e. The summed E-state index contributed by atoms with van der Waals surface area (Å²) in [5.74, 6) is 0.0194. The number of rotatable bonds is 4. The van der Waals surface area contributed by atoms with Gasteiger partial charge in [-0.25, -0.2) is 4.39 Å². The molecule has 1 aromatic rings. The van der Waals surface area contributed by atoms with E-state index in [9.17, 15) is 4.39 Å². The molecule has 0 spiro atoms. The molecular formula is C11H16FNO. The van der Waals surface area contributed by atoms with Crippen LogP contribution in [0.3, 0.4) is 0 Å². The largest absolute Gasteiger partial charge is 0.489 e. The third kappa shape index (κ3) is 3.00. The molecule has 0 amide bonds. The van der Waals surface area contributed by atoms with Gasteiger partial charge in [-0.15, -0.1) is 0 Å². The van der Waals surface area contributed by atoms with Gasteiger partial charge in [0.1, 0.15) is 6.61 Å². The Kier molecular flexibility index (Phi) is 3.89. The molecule has 0 bridgehead atoms. The summed E-state index contributed by atoms with van der Waals surface area (Å²) in [6, 6.07) is 5.07. The lowest BCUT2D eigenvalue weighted by atomic mass is 10.2. The van der Waals surface area contributed by atoms with Crippen LogP contribution in [0.2, 0.25) is 0 Å². The lowest BCUT2D eigenvalue weighted by molar-refractivity contribution is 0.268. The molecule has 1 unspecified atom stereocenters. The van der Waals surface area contributed by atoms with Crippen molar-refractivity contribution in [1.82, 2.24) is 5.32 Å². The van der Waals surface area contributed by atoms with E-state index in [0.717, 1.165) is 5.56 Å². The summed E-state index contributed by atoms with van der Waals surface area (Å²) in [6.07, 6.45) is 0. The Morgan fingerprint density at radius 1 is 1.50 bits per heavy atom. The van der Waals surface area contributed by atoms with Crippen LogP contribution in [0.4, 0.5) is 4.39 Å². The van der Waals surface area contributed by atoms with Crippen LogP contribution in [-0.2, 0) is 0 Å². The Hall–Kier alpha value is -1.09. The number of halogens is 1. The number of hydrogen-bond donors (Lipinski definition) is 1. The monoisotopic (exact) mass is 197 g/mol. The van der Waals surface area contributed by atoms with E-state index in [1.165, 1.54) is 6.07 Å². The fraction of sp³-hybridized carbons (Fsp3) is 0.455. The minimum atomic E-state index is -0.307. The van der Waals surface area contributed by atoms with Gasteiger partial charge in [-0.05, 0) is 38.6 Å². The second kappa shape index (κ2) is 4.96. The molecule has 2 nitrogen and oxygen atoms in total. The average Bonchev–Trinajstić information content (AvgIpc) is 2.19. The smallest absolute Gasteiger partial charge is 0.165 e. The Morgan fingerprint density at radius 2 is 2.21 bits per heavy atom. The summed E-state index contributed by atoms with van der Waals surface area (Å²) >= 11 is 0. The molecular weight excluding hydrogens is 181 g/mol. The van der Waals surface area contributed by atoms with E-state index in [1.807, 2.05) is 20.9 Å². The van der Waals surface area contributed by atoms with Crippen molar-refractivity contribution in [3.63, 3.8) is 0 Å². The first-order valence-corrected chi connectivity index (χ1v) is 4.69. The van der Waals surface area contributed by atoms with Gasteiger partial charge in [0.15, 0.2) is 11.6 Å². The topological polar surface area (TPSA) is 21.3 Å². The Morgan fingerprint density at radius 3 is 2.86 bits per heavy atom. The van der Waals surface area contributed by atoms with E-state index >= 15 is 0 Å². The fourth-order valence-electron chi connectivity index (χ4n) is 1.02. The standard InChI is InChI=1S/C11H16FNO/c1-8-4-5-10(12)11(6-8)14-7-9(2)13-3/h4-6,9,13H,7H2,1-3H3. The van der Waals surface area contributed by atoms with Crippen molar-refractivity contribution in [2.45, 2.75) is 19.9 Å². The molecule has 1 N–H and O–H groups in total. The number of likely N-dealkylation sites (N-methyl/N-ethyl adjacent to an activating group) is 1. The normalized spacial score (nSPS) is 12.6. The van der Waals surface area contributed by atoms with Crippen molar-refractivity contribution in [1.29, 1.82) is 0 Å². The van der Waals surface area contributed by atoms with Crippen molar-refractivity contribution in [3.8, 4) is 5.75 Å². The lowest BCUT2D eigenvalue weighted by Crippen LogP contribution is -2.28. The van der Waals surface area contributed by atoms with Gasteiger partial charge in [-0.2, -0.15) is 0 Å². The van der Waals surface area contributed by atoms with Crippen LogP contribution in [0.5, 0.6) is 5.75 Å². The maximum absolute atomic E-state index is 13.2. The molecule has 14 heavy (non-hydrogen) atoms. The summed E-state index contributed by atoms with van der Waals surface area (Å²) in [4.78, 5) is 0. The number of hydrogen-bond acceptors (Lipinski definition) is 2. The van der Waals surface area contributed by atoms with Crippen molar-refractivity contribution >= 4 is 0 Å². The first-order valence-electron chi connectivity index (χ1n) is 4.69. The van der Waals surface area contributed by atoms with E-state index in [1.54, 1.807) is 12.1 Å². The summed E-state index contributed by atoms with van der Waals surface area (Å²) in [6.45, 7) is 4.36. The van der Waals surface area contributed by atoms with Crippen LogP contribution in [0.15, 0.2) is 18.2 Å². The molecule has 1 rings (SSSR count). The van der Waals surface area contributed by atoms with Crippen LogP contribution in [-0.4, -0.2) is 19.7 Å². The van der Waals surface area contributed by atoms with E-state index in [4.69, 9.17) is 4.74 Å². The quantitative estimate of drug-likeness (QED) is 0.798. The molecule has 1 atom stereocenters. The van der Waals surface area contributed by atoms with Gasteiger partial charge >= 0.3 is 0 Å². The summed E-state index contributed by atoms with van der Waals surface area (Å²) in [5, 5.41) is 3.02. The average molecular weight is 197 g/mol. The highest BCUT2D eigenvalue weighted by atomic mass is 19.1. The zero-order valence-electron chi connectivity index (χ0n) is 8.80. The number of nitrogens with one attached hydrogen (secondary N) is 1. The first kappa shape index (κ1) is 11.0. The summed E-state index contributed by atoms with van der Waals surface area (Å²) < 4.78 is 18.5. The second-order valence-corrected chi connectivity index (χ2v) is 3.43. The van der Waals surface area contributed by atoms with E-state index in [0.29, 0.717) is 12.4 Å². The molecule has 0 aliphatic rings. The molecule has 3 heteroatoms. The molecule has 78 valence electrons. The van der Waals surface area contributed by atoms with Gasteiger partial charge in [-0.3, -0.25) is 0 Å². The molecule has 0 aliphatic heterocycles. The molecule has 0 aliphatic carbocycles. The Balaban J connectivity index is 2.62. The molecule has 1 aromatic carbocycles. The molecule has 0 saturated heterocycles. The Labute approximate surface area is 84.1 Å². The molecule has 0 radical (unpaired) electrons. The maximum Gasteiger partial charge on any atom is 0.165 e. The van der Waals surface area contributed by atoms with Crippen LogP contribution in [0.1, 0.15) is 12.5 Å². The van der Waals surface area contributed by atoms with E-state index in [2.05, 4.69) is 5.32 Å². The highest BCUT2D eigenvalue weighted by molar-refractivity contribution is 5.29. The third-order valence-corrected chi connectivity index (χ3v) is 2.07. The van der Waals surface area contributed by atoms with Crippen molar-refractivity contribution in [2.75, 3.05) is 13.7 Å². The van der Waals surface area contributed by atoms with E-state index < -0.39 is 0 Å².